The largest absolute Gasteiger partial charge is 0.493 e. The van der Waals surface area contributed by atoms with Crippen molar-refractivity contribution in [1.29, 1.82) is 0 Å². The van der Waals surface area contributed by atoms with Crippen molar-refractivity contribution >= 4 is 12.0 Å². The van der Waals surface area contributed by atoms with Gasteiger partial charge >= 0.3 is 0 Å². The summed E-state index contributed by atoms with van der Waals surface area (Å²) in [5, 5.41) is 0. The molecule has 0 saturated heterocycles. The molecule has 0 saturated carbocycles. The molecule has 0 aliphatic carbocycles. The summed E-state index contributed by atoms with van der Waals surface area (Å²) < 4.78 is 5.21. The molecule has 0 fully saturated rings. The topological polar surface area (TPSA) is 52.3 Å². The van der Waals surface area contributed by atoms with Crippen LogP contribution in [0.3, 0.4) is 0 Å². The van der Waals surface area contributed by atoms with E-state index in [0.717, 1.165) is 12.0 Å². The van der Waals surface area contributed by atoms with Gasteiger partial charge in [-0.3, -0.25) is 0 Å². The first-order valence-corrected chi connectivity index (χ1v) is 3.75. The first-order chi connectivity index (χ1) is 5.83. The maximum Gasteiger partial charge on any atom is 0.123 e. The van der Waals surface area contributed by atoms with E-state index < -0.39 is 0 Å². The standard InChI is InChI=1S/C9H11NO2/c10-8-2-4-9(5-3-8)12-7-1-6-11/h2-6H,1,7,10H2. The summed E-state index contributed by atoms with van der Waals surface area (Å²) in [5.41, 5.74) is 6.18. The second-order valence-electron chi connectivity index (χ2n) is 2.37. The van der Waals surface area contributed by atoms with Gasteiger partial charge in [-0.25, -0.2) is 0 Å². The number of anilines is 1. The number of hydrogen-bond acceptors (Lipinski definition) is 3. The van der Waals surface area contributed by atoms with Gasteiger partial charge in [-0.2, -0.15) is 0 Å². The van der Waals surface area contributed by atoms with Crippen LogP contribution in [0.1, 0.15) is 6.42 Å². The van der Waals surface area contributed by atoms with E-state index in [-0.39, 0.29) is 0 Å². The van der Waals surface area contributed by atoms with E-state index in [4.69, 9.17) is 10.5 Å². The Morgan fingerprint density at radius 2 is 2.00 bits per heavy atom. The van der Waals surface area contributed by atoms with Gasteiger partial charge in [0.1, 0.15) is 12.0 Å². The minimum Gasteiger partial charge on any atom is -0.493 e. The molecular weight excluding hydrogens is 154 g/mol. The molecule has 0 heterocycles. The SMILES string of the molecule is Nc1ccc(OCCC=O)cc1. The fraction of sp³-hybridized carbons (Fsp3) is 0.222. The molecule has 12 heavy (non-hydrogen) atoms. The van der Waals surface area contributed by atoms with Gasteiger partial charge in [0, 0.05) is 12.1 Å². The highest BCUT2D eigenvalue weighted by Crippen LogP contribution is 2.12. The summed E-state index contributed by atoms with van der Waals surface area (Å²) in [7, 11) is 0. The summed E-state index contributed by atoms with van der Waals surface area (Å²) in [4.78, 5) is 9.95. The van der Waals surface area contributed by atoms with Crippen molar-refractivity contribution in [2.24, 2.45) is 0 Å². The van der Waals surface area contributed by atoms with Gasteiger partial charge in [0.2, 0.25) is 0 Å². The Hall–Kier alpha value is -1.51. The molecule has 1 rings (SSSR count). The van der Waals surface area contributed by atoms with E-state index in [1.807, 2.05) is 0 Å². The van der Waals surface area contributed by atoms with Crippen molar-refractivity contribution in [2.45, 2.75) is 6.42 Å². The third-order valence-corrected chi connectivity index (χ3v) is 1.38. The third kappa shape index (κ3) is 2.62. The van der Waals surface area contributed by atoms with Gasteiger partial charge in [-0.1, -0.05) is 0 Å². The van der Waals surface area contributed by atoms with Crippen molar-refractivity contribution in [3.05, 3.63) is 24.3 Å². The first kappa shape index (κ1) is 8.59. The van der Waals surface area contributed by atoms with Crippen LogP contribution in [0.4, 0.5) is 5.69 Å². The molecule has 0 aromatic heterocycles. The minimum atomic E-state index is 0.421. The molecule has 0 unspecified atom stereocenters. The number of benzene rings is 1. The Morgan fingerprint density at radius 1 is 1.33 bits per heavy atom. The zero-order valence-corrected chi connectivity index (χ0v) is 6.69. The zero-order chi connectivity index (χ0) is 8.81. The number of ether oxygens (including phenoxy) is 1. The van der Waals surface area contributed by atoms with Gasteiger partial charge in [0.25, 0.3) is 0 Å². The van der Waals surface area contributed by atoms with Gasteiger partial charge in [0.15, 0.2) is 0 Å². The number of carbonyl (C=O) groups excluding carboxylic acids is 1. The van der Waals surface area contributed by atoms with Crippen molar-refractivity contribution < 1.29 is 9.53 Å². The molecule has 3 nitrogen and oxygen atoms in total. The monoisotopic (exact) mass is 165 g/mol. The van der Waals surface area contributed by atoms with Crippen molar-refractivity contribution in [3.8, 4) is 5.75 Å². The van der Waals surface area contributed by atoms with E-state index in [1.165, 1.54) is 0 Å². The molecule has 1 aromatic rings. The first-order valence-electron chi connectivity index (χ1n) is 3.75. The quantitative estimate of drug-likeness (QED) is 0.415. The van der Waals surface area contributed by atoms with E-state index in [0.29, 0.717) is 18.7 Å². The molecule has 0 aliphatic rings. The maximum atomic E-state index is 9.95. The molecule has 2 N–H and O–H groups in total. The van der Waals surface area contributed by atoms with Crippen LogP contribution in [0.5, 0.6) is 5.75 Å². The lowest BCUT2D eigenvalue weighted by atomic mass is 10.3. The average Bonchev–Trinajstić information content (AvgIpc) is 2.09. The Morgan fingerprint density at radius 3 is 2.58 bits per heavy atom. The number of rotatable bonds is 4. The normalized spacial score (nSPS) is 9.33. The minimum absolute atomic E-state index is 0.421. The van der Waals surface area contributed by atoms with E-state index in [9.17, 15) is 4.79 Å². The summed E-state index contributed by atoms with van der Waals surface area (Å²) in [6.07, 6.45) is 1.25. The van der Waals surface area contributed by atoms with Gasteiger partial charge in [0.05, 0.1) is 6.61 Å². The number of nitrogen functional groups attached to an aromatic ring is 1. The molecule has 0 aliphatic heterocycles. The molecule has 0 amide bonds. The average molecular weight is 165 g/mol. The maximum absolute atomic E-state index is 9.95. The van der Waals surface area contributed by atoms with Gasteiger partial charge in [-0.15, -0.1) is 0 Å². The highest BCUT2D eigenvalue weighted by atomic mass is 16.5. The van der Waals surface area contributed by atoms with Crippen molar-refractivity contribution in [3.63, 3.8) is 0 Å². The summed E-state index contributed by atoms with van der Waals surface area (Å²) in [5.74, 6) is 0.742. The summed E-state index contributed by atoms with van der Waals surface area (Å²) >= 11 is 0. The van der Waals surface area contributed by atoms with Crippen LogP contribution in [0.25, 0.3) is 0 Å². The fourth-order valence-corrected chi connectivity index (χ4v) is 0.789. The number of carbonyl (C=O) groups is 1. The number of hydrogen-bond donors (Lipinski definition) is 1. The smallest absolute Gasteiger partial charge is 0.123 e. The van der Waals surface area contributed by atoms with E-state index in [1.54, 1.807) is 24.3 Å². The number of nitrogens with two attached hydrogens (primary N) is 1. The van der Waals surface area contributed by atoms with Crippen molar-refractivity contribution in [2.75, 3.05) is 12.3 Å². The molecule has 3 heteroatoms. The molecular formula is C9H11NO2. The summed E-state index contributed by atoms with van der Waals surface area (Å²) in [6, 6.07) is 7.08. The van der Waals surface area contributed by atoms with Gasteiger partial charge in [-0.05, 0) is 24.3 Å². The van der Waals surface area contributed by atoms with Crippen LogP contribution in [-0.2, 0) is 4.79 Å². The highest BCUT2D eigenvalue weighted by Gasteiger charge is 1.91. The molecule has 0 spiro atoms. The Labute approximate surface area is 71.1 Å². The van der Waals surface area contributed by atoms with Gasteiger partial charge < -0.3 is 15.3 Å². The predicted octanol–water partition coefficient (Wildman–Crippen LogP) is 1.24. The second kappa shape index (κ2) is 4.38. The van der Waals surface area contributed by atoms with Crippen LogP contribution in [-0.4, -0.2) is 12.9 Å². The third-order valence-electron chi connectivity index (χ3n) is 1.38. The molecule has 0 atom stereocenters. The lowest BCUT2D eigenvalue weighted by Crippen LogP contribution is -1.97. The lowest BCUT2D eigenvalue weighted by Gasteiger charge is -2.02. The molecule has 0 bridgehead atoms. The second-order valence-corrected chi connectivity index (χ2v) is 2.37. The van der Waals surface area contributed by atoms with Crippen LogP contribution in [0, 0.1) is 0 Å². The Bertz CT molecular complexity index is 243. The molecule has 64 valence electrons. The van der Waals surface area contributed by atoms with Crippen molar-refractivity contribution in [1.82, 2.24) is 0 Å². The van der Waals surface area contributed by atoms with E-state index >= 15 is 0 Å². The van der Waals surface area contributed by atoms with Crippen LogP contribution in [0.2, 0.25) is 0 Å². The van der Waals surface area contributed by atoms with Crippen LogP contribution < -0.4 is 10.5 Å². The van der Waals surface area contributed by atoms with Crippen LogP contribution in [0.15, 0.2) is 24.3 Å². The Balaban J connectivity index is 2.42. The lowest BCUT2D eigenvalue weighted by molar-refractivity contribution is -0.108. The fourth-order valence-electron chi connectivity index (χ4n) is 0.789. The molecule has 1 aromatic carbocycles. The Kier molecular flexibility index (Phi) is 3.14. The summed E-state index contributed by atoms with van der Waals surface area (Å²) in [6.45, 7) is 0.424. The van der Waals surface area contributed by atoms with E-state index in [2.05, 4.69) is 0 Å². The number of aldehydes is 1. The zero-order valence-electron chi connectivity index (χ0n) is 6.69. The van der Waals surface area contributed by atoms with Crippen LogP contribution >= 0.6 is 0 Å². The molecule has 0 radical (unpaired) electrons. The predicted molar refractivity (Wildman–Crippen MR) is 47.0 cm³/mol. The highest BCUT2D eigenvalue weighted by molar-refractivity contribution is 5.49.